The first-order valence-electron chi connectivity index (χ1n) is 11.0. The average molecular weight is 443 g/mol. The van der Waals surface area contributed by atoms with Gasteiger partial charge in [-0.15, -0.1) is 0 Å². The molecule has 1 aliphatic rings. The van der Waals surface area contributed by atoms with Crippen molar-refractivity contribution in [1.29, 1.82) is 0 Å². The number of carbonyl (C=O) groups is 3. The third kappa shape index (κ3) is 4.65. The number of fused-ring (bicyclic) bond motifs is 1. The van der Waals surface area contributed by atoms with Crippen LogP contribution in [0, 0.1) is 12.8 Å². The minimum Gasteiger partial charge on any atom is -0.457 e. The molecule has 0 radical (unpaired) electrons. The molecule has 0 bridgehead atoms. The Kier molecular flexibility index (Phi) is 6.27. The van der Waals surface area contributed by atoms with Crippen LogP contribution in [0.5, 0.6) is 11.5 Å². The average Bonchev–Trinajstić information content (AvgIpc) is 3.05. The highest BCUT2D eigenvalue weighted by molar-refractivity contribution is 6.23. The van der Waals surface area contributed by atoms with E-state index in [0.717, 1.165) is 16.2 Å². The van der Waals surface area contributed by atoms with Gasteiger partial charge in [0.1, 0.15) is 17.5 Å². The SMILES string of the molecule is Cc1ccccc1Oc1ccc(NC(=O)[C@H](CC(C)C)N2C(=O)c3ccccc3C2=O)cc1. The quantitative estimate of drug-likeness (QED) is 0.495. The van der Waals surface area contributed by atoms with E-state index in [0.29, 0.717) is 29.0 Å². The number of rotatable bonds is 7. The topological polar surface area (TPSA) is 75.7 Å². The van der Waals surface area contributed by atoms with Crippen LogP contribution in [0.1, 0.15) is 46.5 Å². The number of ether oxygens (including phenoxy) is 1. The molecule has 0 fully saturated rings. The van der Waals surface area contributed by atoms with Crippen molar-refractivity contribution in [2.45, 2.75) is 33.2 Å². The Morgan fingerprint density at radius 3 is 2.03 bits per heavy atom. The minimum atomic E-state index is -0.903. The number of nitrogens with zero attached hydrogens (tertiary/aromatic N) is 1. The summed E-state index contributed by atoms with van der Waals surface area (Å²) in [5.74, 6) is 0.246. The van der Waals surface area contributed by atoms with Gasteiger partial charge in [-0.2, -0.15) is 0 Å². The van der Waals surface area contributed by atoms with Gasteiger partial charge in [-0.1, -0.05) is 44.2 Å². The van der Waals surface area contributed by atoms with Gasteiger partial charge in [0.25, 0.3) is 11.8 Å². The highest BCUT2D eigenvalue weighted by atomic mass is 16.5. The molecule has 1 atom stereocenters. The number of anilines is 1. The van der Waals surface area contributed by atoms with Crippen LogP contribution < -0.4 is 10.1 Å². The lowest BCUT2D eigenvalue weighted by atomic mass is 10.0. The second-order valence-electron chi connectivity index (χ2n) is 8.55. The predicted molar refractivity (Wildman–Crippen MR) is 127 cm³/mol. The zero-order valence-electron chi connectivity index (χ0n) is 18.9. The summed E-state index contributed by atoms with van der Waals surface area (Å²) in [5.41, 5.74) is 2.25. The van der Waals surface area contributed by atoms with Gasteiger partial charge in [0.2, 0.25) is 5.91 Å². The molecule has 168 valence electrons. The molecule has 0 aromatic heterocycles. The van der Waals surface area contributed by atoms with E-state index < -0.39 is 23.8 Å². The molecule has 3 amide bonds. The number of nitrogens with one attached hydrogen (secondary N) is 1. The molecule has 0 aliphatic carbocycles. The number of hydrogen-bond acceptors (Lipinski definition) is 4. The van der Waals surface area contributed by atoms with E-state index in [4.69, 9.17) is 4.74 Å². The van der Waals surface area contributed by atoms with Gasteiger partial charge in [0.05, 0.1) is 11.1 Å². The largest absolute Gasteiger partial charge is 0.457 e. The van der Waals surface area contributed by atoms with Crippen LogP contribution in [0.3, 0.4) is 0 Å². The number of benzene rings is 3. The van der Waals surface area contributed by atoms with E-state index in [1.807, 2.05) is 45.0 Å². The fourth-order valence-electron chi connectivity index (χ4n) is 3.90. The van der Waals surface area contributed by atoms with E-state index in [2.05, 4.69) is 5.32 Å². The van der Waals surface area contributed by atoms with E-state index in [9.17, 15) is 14.4 Å². The number of para-hydroxylation sites is 1. The van der Waals surface area contributed by atoms with Gasteiger partial charge in [-0.3, -0.25) is 19.3 Å². The molecule has 3 aromatic carbocycles. The summed E-state index contributed by atoms with van der Waals surface area (Å²) >= 11 is 0. The number of carbonyl (C=O) groups excluding carboxylic acids is 3. The summed E-state index contributed by atoms with van der Waals surface area (Å²) in [6, 6.07) is 20.5. The molecule has 1 N–H and O–H groups in total. The van der Waals surface area contributed by atoms with E-state index in [1.54, 1.807) is 48.5 Å². The van der Waals surface area contributed by atoms with Crippen LogP contribution >= 0.6 is 0 Å². The molecule has 33 heavy (non-hydrogen) atoms. The summed E-state index contributed by atoms with van der Waals surface area (Å²) in [5, 5.41) is 2.85. The highest BCUT2D eigenvalue weighted by Crippen LogP contribution is 2.29. The Balaban J connectivity index is 1.51. The first kappa shape index (κ1) is 22.3. The van der Waals surface area contributed by atoms with Crippen molar-refractivity contribution in [1.82, 2.24) is 4.90 Å². The normalized spacial score (nSPS) is 13.8. The van der Waals surface area contributed by atoms with E-state index in [-0.39, 0.29) is 5.92 Å². The lowest BCUT2D eigenvalue weighted by Crippen LogP contribution is -2.47. The van der Waals surface area contributed by atoms with Crippen molar-refractivity contribution >= 4 is 23.4 Å². The van der Waals surface area contributed by atoms with Crippen molar-refractivity contribution in [3.8, 4) is 11.5 Å². The second kappa shape index (κ2) is 9.28. The van der Waals surface area contributed by atoms with Crippen molar-refractivity contribution in [2.75, 3.05) is 5.32 Å². The summed E-state index contributed by atoms with van der Waals surface area (Å²) in [7, 11) is 0. The Morgan fingerprint density at radius 1 is 0.879 bits per heavy atom. The third-order valence-electron chi connectivity index (χ3n) is 5.58. The molecule has 6 nitrogen and oxygen atoms in total. The second-order valence-corrected chi connectivity index (χ2v) is 8.55. The summed E-state index contributed by atoms with van der Waals surface area (Å²) in [6.07, 6.45) is 0.367. The van der Waals surface area contributed by atoms with Crippen LogP contribution in [0.15, 0.2) is 72.8 Å². The monoisotopic (exact) mass is 442 g/mol. The van der Waals surface area contributed by atoms with Gasteiger partial charge in [-0.25, -0.2) is 0 Å². The van der Waals surface area contributed by atoms with Gasteiger partial charge >= 0.3 is 0 Å². The van der Waals surface area contributed by atoms with Crippen LogP contribution in [0.2, 0.25) is 0 Å². The van der Waals surface area contributed by atoms with Crippen LogP contribution in [0.4, 0.5) is 5.69 Å². The molecule has 3 aromatic rings. The molecule has 4 rings (SSSR count). The first-order chi connectivity index (χ1) is 15.8. The molecular formula is C27H26N2O4. The fraction of sp³-hybridized carbons (Fsp3) is 0.222. The summed E-state index contributed by atoms with van der Waals surface area (Å²) in [4.78, 5) is 40.2. The van der Waals surface area contributed by atoms with Crippen molar-refractivity contribution in [2.24, 2.45) is 5.92 Å². The first-order valence-corrected chi connectivity index (χ1v) is 11.0. The number of hydrogen-bond donors (Lipinski definition) is 1. The zero-order valence-corrected chi connectivity index (χ0v) is 18.9. The van der Waals surface area contributed by atoms with Crippen molar-refractivity contribution in [3.05, 3.63) is 89.5 Å². The minimum absolute atomic E-state index is 0.106. The lowest BCUT2D eigenvalue weighted by molar-refractivity contribution is -0.120. The predicted octanol–water partition coefficient (Wildman–Crippen LogP) is 5.44. The Labute approximate surface area is 193 Å². The molecule has 6 heteroatoms. The number of imide groups is 1. The highest BCUT2D eigenvalue weighted by Gasteiger charge is 2.42. The smallest absolute Gasteiger partial charge is 0.262 e. The molecule has 0 spiro atoms. The maximum Gasteiger partial charge on any atom is 0.262 e. The zero-order chi connectivity index (χ0) is 23.5. The van der Waals surface area contributed by atoms with Gasteiger partial charge in [0, 0.05) is 5.69 Å². The molecule has 0 saturated heterocycles. The molecule has 1 aliphatic heterocycles. The Bertz CT molecular complexity index is 1170. The summed E-state index contributed by atoms with van der Waals surface area (Å²) in [6.45, 7) is 5.88. The van der Waals surface area contributed by atoms with Gasteiger partial charge in [0.15, 0.2) is 0 Å². The molecule has 1 heterocycles. The maximum absolute atomic E-state index is 13.2. The van der Waals surface area contributed by atoms with Crippen LogP contribution in [-0.2, 0) is 4.79 Å². The molecule has 0 saturated carbocycles. The number of aryl methyl sites for hydroxylation is 1. The van der Waals surface area contributed by atoms with Gasteiger partial charge < -0.3 is 10.1 Å². The van der Waals surface area contributed by atoms with E-state index in [1.165, 1.54) is 0 Å². The Hall–Kier alpha value is -3.93. The maximum atomic E-state index is 13.2. The lowest BCUT2D eigenvalue weighted by Gasteiger charge is -2.26. The Morgan fingerprint density at radius 2 is 1.45 bits per heavy atom. The van der Waals surface area contributed by atoms with Crippen LogP contribution in [0.25, 0.3) is 0 Å². The third-order valence-corrected chi connectivity index (χ3v) is 5.58. The molecular weight excluding hydrogens is 416 g/mol. The van der Waals surface area contributed by atoms with Crippen molar-refractivity contribution in [3.63, 3.8) is 0 Å². The van der Waals surface area contributed by atoms with E-state index >= 15 is 0 Å². The summed E-state index contributed by atoms with van der Waals surface area (Å²) < 4.78 is 5.90. The van der Waals surface area contributed by atoms with Crippen molar-refractivity contribution < 1.29 is 19.1 Å². The standard InChI is InChI=1S/C27H26N2O4/c1-17(2)16-23(29-26(31)21-9-5-6-10-22(21)27(29)32)25(30)28-19-12-14-20(15-13-19)33-24-11-7-4-8-18(24)3/h4-15,17,23H,16H2,1-3H3,(H,28,30)/t23-/m0/s1. The number of amides is 3. The van der Waals surface area contributed by atoms with Crippen LogP contribution in [-0.4, -0.2) is 28.7 Å². The molecule has 0 unspecified atom stereocenters. The van der Waals surface area contributed by atoms with Gasteiger partial charge in [-0.05, 0) is 67.3 Å². The fourth-order valence-corrected chi connectivity index (χ4v) is 3.90.